The van der Waals surface area contributed by atoms with Crippen molar-refractivity contribution in [1.29, 1.82) is 0 Å². The van der Waals surface area contributed by atoms with Crippen LogP contribution < -0.4 is 5.32 Å². The standard InChI is InChI=1S/C39H48N2O3/c1-3-29(30-14-12-9-13-15-30)19-18-28(2)40-37-23-22-35(27-38(37)41(43)44)39(42)34-21-20-33-24-31-16-10-7-5-4-6-8-11-17-32(31)25-36(33)26-34/h9,12-15,18-23,26-29,31-32,40H,3-8,10-11,16-17,24-25H2,1-2H3/b19-18-. The van der Waals surface area contributed by atoms with Gasteiger partial charge in [0.1, 0.15) is 5.69 Å². The van der Waals surface area contributed by atoms with Crippen molar-refractivity contribution in [2.75, 3.05) is 5.32 Å². The minimum Gasteiger partial charge on any atom is -0.374 e. The number of hydrogen-bond donors (Lipinski definition) is 1. The van der Waals surface area contributed by atoms with Gasteiger partial charge in [-0.15, -0.1) is 0 Å². The van der Waals surface area contributed by atoms with E-state index in [2.05, 4.69) is 48.7 Å². The van der Waals surface area contributed by atoms with Crippen molar-refractivity contribution < 1.29 is 9.72 Å². The van der Waals surface area contributed by atoms with E-state index in [1.54, 1.807) is 12.1 Å². The highest BCUT2D eigenvalue weighted by Gasteiger charge is 2.29. The minimum absolute atomic E-state index is 0.0792. The first-order valence-corrected chi connectivity index (χ1v) is 16.9. The molecule has 0 bridgehead atoms. The molecule has 0 aromatic heterocycles. The molecule has 1 fully saturated rings. The Hall–Kier alpha value is -3.73. The van der Waals surface area contributed by atoms with Gasteiger partial charge >= 0.3 is 0 Å². The third kappa shape index (κ3) is 8.05. The number of nitrogens with zero attached hydrogens (tertiary/aromatic N) is 1. The monoisotopic (exact) mass is 592 g/mol. The van der Waals surface area contributed by atoms with Crippen LogP contribution in [0.2, 0.25) is 0 Å². The average molecular weight is 593 g/mol. The van der Waals surface area contributed by atoms with E-state index in [1.807, 2.05) is 31.2 Å². The number of fused-ring (bicyclic) bond motifs is 2. The molecule has 1 N–H and O–H groups in total. The molecular formula is C39H48N2O3. The number of ketones is 1. The van der Waals surface area contributed by atoms with Gasteiger partial charge in [-0.3, -0.25) is 14.9 Å². The molecule has 4 atom stereocenters. The number of carbonyl (C=O) groups is 1. The molecule has 0 radical (unpaired) electrons. The van der Waals surface area contributed by atoms with Crippen LogP contribution in [0.4, 0.5) is 11.4 Å². The van der Waals surface area contributed by atoms with Crippen molar-refractivity contribution in [3.8, 4) is 0 Å². The lowest BCUT2D eigenvalue weighted by atomic mass is 9.71. The van der Waals surface area contributed by atoms with Gasteiger partial charge in [-0.2, -0.15) is 0 Å². The maximum absolute atomic E-state index is 13.6. The zero-order valence-corrected chi connectivity index (χ0v) is 26.5. The molecule has 0 saturated heterocycles. The second-order valence-electron chi connectivity index (χ2n) is 13.0. The molecule has 5 nitrogen and oxygen atoms in total. The van der Waals surface area contributed by atoms with Gasteiger partial charge in [-0.25, -0.2) is 0 Å². The van der Waals surface area contributed by atoms with Crippen molar-refractivity contribution in [3.63, 3.8) is 0 Å². The van der Waals surface area contributed by atoms with Crippen molar-refractivity contribution >= 4 is 17.2 Å². The molecule has 2 aliphatic carbocycles. The predicted molar refractivity (Wildman–Crippen MR) is 181 cm³/mol. The van der Waals surface area contributed by atoms with E-state index in [4.69, 9.17) is 0 Å². The van der Waals surface area contributed by atoms with Gasteiger partial charge in [-0.05, 0) is 85.8 Å². The topological polar surface area (TPSA) is 72.2 Å². The van der Waals surface area contributed by atoms with Crippen LogP contribution in [0.1, 0.15) is 117 Å². The number of hydrogen-bond acceptors (Lipinski definition) is 4. The van der Waals surface area contributed by atoms with Crippen LogP contribution >= 0.6 is 0 Å². The second kappa shape index (κ2) is 15.3. The number of anilines is 1. The zero-order valence-electron chi connectivity index (χ0n) is 26.5. The van der Waals surface area contributed by atoms with Gasteiger partial charge in [0.05, 0.1) is 4.92 Å². The quantitative estimate of drug-likeness (QED) is 0.116. The van der Waals surface area contributed by atoms with Gasteiger partial charge in [0.15, 0.2) is 5.78 Å². The molecule has 3 aromatic carbocycles. The highest BCUT2D eigenvalue weighted by Crippen LogP contribution is 2.38. The predicted octanol–water partition coefficient (Wildman–Crippen LogP) is 10.2. The Morgan fingerprint density at radius 1 is 0.841 bits per heavy atom. The summed E-state index contributed by atoms with van der Waals surface area (Å²) in [5, 5.41) is 15.4. The summed E-state index contributed by atoms with van der Waals surface area (Å²) in [5.41, 5.74) is 5.23. The Bertz CT molecular complexity index is 1450. The summed E-state index contributed by atoms with van der Waals surface area (Å²) in [7, 11) is 0. The van der Waals surface area contributed by atoms with Crippen molar-refractivity contribution in [3.05, 3.63) is 117 Å². The molecule has 1 saturated carbocycles. The molecule has 5 heteroatoms. The fraction of sp³-hybridized carbons (Fsp3) is 0.462. The summed E-state index contributed by atoms with van der Waals surface area (Å²) in [6.45, 7) is 4.14. The molecule has 5 rings (SSSR count). The number of nitro groups is 1. The number of allylic oxidation sites excluding steroid dienone is 1. The second-order valence-corrected chi connectivity index (χ2v) is 13.0. The van der Waals surface area contributed by atoms with Crippen molar-refractivity contribution in [2.45, 2.75) is 103 Å². The van der Waals surface area contributed by atoms with E-state index in [-0.39, 0.29) is 23.4 Å². The Morgan fingerprint density at radius 3 is 2.11 bits per heavy atom. The lowest BCUT2D eigenvalue weighted by molar-refractivity contribution is -0.384. The van der Waals surface area contributed by atoms with E-state index in [0.29, 0.717) is 22.7 Å². The largest absolute Gasteiger partial charge is 0.374 e. The van der Waals surface area contributed by atoms with Crippen LogP contribution in [-0.2, 0) is 12.8 Å². The van der Waals surface area contributed by atoms with Crippen LogP contribution in [-0.4, -0.2) is 16.7 Å². The van der Waals surface area contributed by atoms with Gasteiger partial charge < -0.3 is 5.32 Å². The van der Waals surface area contributed by atoms with Crippen LogP contribution in [0.15, 0.2) is 78.9 Å². The third-order valence-corrected chi connectivity index (χ3v) is 9.89. The Morgan fingerprint density at radius 2 is 1.45 bits per heavy atom. The maximum Gasteiger partial charge on any atom is 0.293 e. The summed E-state index contributed by atoms with van der Waals surface area (Å²) < 4.78 is 0. The zero-order chi connectivity index (χ0) is 30.9. The van der Waals surface area contributed by atoms with Crippen molar-refractivity contribution in [2.24, 2.45) is 11.8 Å². The highest BCUT2D eigenvalue weighted by molar-refractivity contribution is 6.09. The molecule has 0 spiro atoms. The summed E-state index contributed by atoms with van der Waals surface area (Å²) in [6, 6.07) is 21.2. The summed E-state index contributed by atoms with van der Waals surface area (Å²) in [5.74, 6) is 1.55. The summed E-state index contributed by atoms with van der Waals surface area (Å²) in [6.07, 6.45) is 19.4. The van der Waals surface area contributed by atoms with Gasteiger partial charge in [-0.1, -0.05) is 106 Å². The lowest BCUT2D eigenvalue weighted by Gasteiger charge is -2.33. The Labute approximate surface area is 263 Å². The van der Waals surface area contributed by atoms with E-state index in [9.17, 15) is 14.9 Å². The van der Waals surface area contributed by atoms with E-state index >= 15 is 0 Å². The van der Waals surface area contributed by atoms with Gasteiger partial charge in [0.2, 0.25) is 0 Å². The van der Waals surface area contributed by atoms with Crippen molar-refractivity contribution in [1.82, 2.24) is 0 Å². The Balaban J connectivity index is 1.30. The fourth-order valence-electron chi connectivity index (χ4n) is 7.32. The minimum atomic E-state index is -0.400. The molecule has 2 aliphatic rings. The normalized spacial score (nSPS) is 20.5. The van der Waals surface area contributed by atoms with Crippen LogP contribution in [0.5, 0.6) is 0 Å². The van der Waals surface area contributed by atoms with Gasteiger partial charge in [0, 0.05) is 29.2 Å². The maximum atomic E-state index is 13.6. The van der Waals surface area contributed by atoms with E-state index in [1.165, 1.54) is 80.5 Å². The summed E-state index contributed by atoms with van der Waals surface area (Å²) in [4.78, 5) is 25.3. The van der Waals surface area contributed by atoms with E-state index in [0.717, 1.165) is 25.2 Å². The molecule has 232 valence electrons. The first-order valence-electron chi connectivity index (χ1n) is 16.9. The molecular weight excluding hydrogens is 544 g/mol. The number of benzene rings is 3. The molecule has 0 amide bonds. The average Bonchev–Trinajstić information content (AvgIpc) is 3.09. The molecule has 0 aliphatic heterocycles. The number of carbonyl (C=O) groups excluding carboxylic acids is 1. The first kappa shape index (κ1) is 31.7. The van der Waals surface area contributed by atoms with Gasteiger partial charge in [0.25, 0.3) is 5.69 Å². The lowest BCUT2D eigenvalue weighted by Crippen LogP contribution is -2.26. The fourth-order valence-corrected chi connectivity index (χ4v) is 7.32. The number of rotatable bonds is 9. The number of nitro benzene ring substituents is 1. The first-order chi connectivity index (χ1) is 21.4. The Kier molecular flexibility index (Phi) is 11.0. The molecule has 44 heavy (non-hydrogen) atoms. The molecule has 0 heterocycles. The molecule has 3 aromatic rings. The smallest absolute Gasteiger partial charge is 0.293 e. The summed E-state index contributed by atoms with van der Waals surface area (Å²) >= 11 is 0. The van der Waals surface area contributed by atoms with Crippen LogP contribution in [0.25, 0.3) is 0 Å². The molecule has 4 unspecified atom stereocenters. The SMILES string of the molecule is CCC(/C=C\C(C)Nc1ccc(C(=O)c2ccc3c(c2)CC2CCCCCCCCCC2C3)cc1[N+](=O)[O-])c1ccccc1. The highest BCUT2D eigenvalue weighted by atomic mass is 16.6. The third-order valence-electron chi connectivity index (χ3n) is 9.89. The number of nitrogens with one attached hydrogen (secondary N) is 1. The van der Waals surface area contributed by atoms with Crippen LogP contribution in [0.3, 0.4) is 0 Å². The van der Waals surface area contributed by atoms with E-state index < -0.39 is 4.92 Å². The van der Waals surface area contributed by atoms with Crippen LogP contribution in [0, 0.1) is 22.0 Å².